The summed E-state index contributed by atoms with van der Waals surface area (Å²) in [4.78, 5) is 13.6. The summed E-state index contributed by atoms with van der Waals surface area (Å²) in [7, 11) is 0. The Morgan fingerprint density at radius 3 is 2.92 bits per heavy atom. The lowest BCUT2D eigenvalue weighted by Crippen LogP contribution is -2.58. The maximum atomic E-state index is 11.3. The molecule has 1 unspecified atom stereocenters. The van der Waals surface area contributed by atoms with Crippen LogP contribution in [0.15, 0.2) is 0 Å². The van der Waals surface area contributed by atoms with Gasteiger partial charge in [0.25, 0.3) is 0 Å². The van der Waals surface area contributed by atoms with E-state index >= 15 is 0 Å². The molecule has 0 aromatic heterocycles. The maximum absolute atomic E-state index is 11.3. The van der Waals surface area contributed by atoms with Gasteiger partial charge >= 0.3 is 0 Å². The predicted molar refractivity (Wildman–Crippen MR) is 45.6 cm³/mol. The third-order valence-corrected chi connectivity index (χ3v) is 2.61. The highest BCUT2D eigenvalue weighted by atomic mass is 16.2. The average molecular weight is 169 g/mol. The van der Waals surface area contributed by atoms with Crippen molar-refractivity contribution in [1.82, 2.24) is 10.2 Å². The van der Waals surface area contributed by atoms with Gasteiger partial charge in [0.2, 0.25) is 5.91 Å². The standard InChI is InChI=1S/C8H15N3O/c9-5-7-8(12)10-3-4-11(7)6-1-2-6/h6-7H,1-5,9H2,(H,10,12). The topological polar surface area (TPSA) is 58.4 Å². The van der Waals surface area contributed by atoms with Crippen LogP contribution in [-0.4, -0.2) is 42.5 Å². The molecule has 0 aromatic carbocycles. The molecule has 4 heteroatoms. The number of carbonyl (C=O) groups is 1. The second-order valence-corrected chi connectivity index (χ2v) is 3.51. The highest BCUT2D eigenvalue weighted by Crippen LogP contribution is 2.28. The van der Waals surface area contributed by atoms with E-state index in [0.717, 1.165) is 13.1 Å². The van der Waals surface area contributed by atoms with Gasteiger partial charge in [0.1, 0.15) is 6.04 Å². The molecule has 1 amide bonds. The van der Waals surface area contributed by atoms with E-state index in [1.54, 1.807) is 0 Å². The van der Waals surface area contributed by atoms with Gasteiger partial charge in [-0.3, -0.25) is 9.69 Å². The summed E-state index contributed by atoms with van der Waals surface area (Å²) in [6.45, 7) is 2.20. The van der Waals surface area contributed by atoms with Crippen molar-refractivity contribution in [3.63, 3.8) is 0 Å². The van der Waals surface area contributed by atoms with Crippen LogP contribution < -0.4 is 11.1 Å². The van der Waals surface area contributed by atoms with Crippen molar-refractivity contribution in [1.29, 1.82) is 0 Å². The molecule has 12 heavy (non-hydrogen) atoms. The minimum Gasteiger partial charge on any atom is -0.353 e. The number of amides is 1. The van der Waals surface area contributed by atoms with Crippen molar-refractivity contribution in [2.75, 3.05) is 19.6 Å². The molecule has 68 valence electrons. The number of hydrogen-bond donors (Lipinski definition) is 2. The Balaban J connectivity index is 2.03. The largest absolute Gasteiger partial charge is 0.353 e. The van der Waals surface area contributed by atoms with Crippen molar-refractivity contribution < 1.29 is 4.79 Å². The van der Waals surface area contributed by atoms with Crippen LogP contribution in [0.1, 0.15) is 12.8 Å². The van der Waals surface area contributed by atoms with Crippen LogP contribution in [0.25, 0.3) is 0 Å². The smallest absolute Gasteiger partial charge is 0.238 e. The van der Waals surface area contributed by atoms with Crippen molar-refractivity contribution in [2.45, 2.75) is 24.9 Å². The Kier molecular flexibility index (Phi) is 2.02. The first-order chi connectivity index (χ1) is 5.83. The van der Waals surface area contributed by atoms with Crippen molar-refractivity contribution >= 4 is 5.91 Å². The fourth-order valence-corrected chi connectivity index (χ4v) is 1.82. The molecular formula is C8H15N3O. The Hall–Kier alpha value is -0.610. The van der Waals surface area contributed by atoms with E-state index in [2.05, 4.69) is 10.2 Å². The van der Waals surface area contributed by atoms with Crippen LogP contribution in [0.3, 0.4) is 0 Å². The van der Waals surface area contributed by atoms with Gasteiger partial charge in [-0.05, 0) is 12.8 Å². The van der Waals surface area contributed by atoms with E-state index in [4.69, 9.17) is 5.73 Å². The molecule has 0 spiro atoms. The maximum Gasteiger partial charge on any atom is 0.238 e. The van der Waals surface area contributed by atoms with Crippen LogP contribution in [0.2, 0.25) is 0 Å². The Labute approximate surface area is 72.1 Å². The van der Waals surface area contributed by atoms with Gasteiger partial charge in [0, 0.05) is 25.7 Å². The second kappa shape index (κ2) is 3.03. The van der Waals surface area contributed by atoms with Gasteiger partial charge < -0.3 is 11.1 Å². The highest BCUT2D eigenvalue weighted by Gasteiger charge is 2.38. The summed E-state index contributed by atoms with van der Waals surface area (Å²) in [6, 6.07) is 0.579. The molecule has 1 saturated heterocycles. The zero-order valence-corrected chi connectivity index (χ0v) is 7.12. The molecule has 1 saturated carbocycles. The number of piperazine rings is 1. The summed E-state index contributed by atoms with van der Waals surface area (Å²) in [5, 5.41) is 2.84. The van der Waals surface area contributed by atoms with E-state index in [1.807, 2.05) is 0 Å². The van der Waals surface area contributed by atoms with Gasteiger partial charge in [-0.1, -0.05) is 0 Å². The molecule has 0 radical (unpaired) electrons. The highest BCUT2D eigenvalue weighted by molar-refractivity contribution is 5.82. The molecule has 3 N–H and O–H groups in total. The zero-order chi connectivity index (χ0) is 8.55. The number of nitrogens with zero attached hydrogens (tertiary/aromatic N) is 1. The minimum atomic E-state index is -0.0637. The summed E-state index contributed by atoms with van der Waals surface area (Å²) in [5.41, 5.74) is 5.55. The van der Waals surface area contributed by atoms with Gasteiger partial charge in [0.05, 0.1) is 0 Å². The van der Waals surface area contributed by atoms with Crippen LogP contribution in [0, 0.1) is 0 Å². The van der Waals surface area contributed by atoms with Crippen LogP contribution in [0.5, 0.6) is 0 Å². The van der Waals surface area contributed by atoms with E-state index in [1.165, 1.54) is 12.8 Å². The first-order valence-electron chi connectivity index (χ1n) is 4.56. The van der Waals surface area contributed by atoms with Crippen molar-refractivity contribution in [3.8, 4) is 0 Å². The summed E-state index contributed by atoms with van der Waals surface area (Å²) < 4.78 is 0. The summed E-state index contributed by atoms with van der Waals surface area (Å²) in [5.74, 6) is 0.107. The average Bonchev–Trinajstić information content (AvgIpc) is 2.86. The number of nitrogens with one attached hydrogen (secondary N) is 1. The Bertz CT molecular complexity index is 191. The minimum absolute atomic E-state index is 0.0637. The molecule has 2 rings (SSSR count). The third-order valence-electron chi connectivity index (χ3n) is 2.61. The van der Waals surface area contributed by atoms with Crippen molar-refractivity contribution in [3.05, 3.63) is 0 Å². The van der Waals surface area contributed by atoms with Gasteiger partial charge in [-0.25, -0.2) is 0 Å². The molecule has 1 aliphatic heterocycles. The number of carbonyl (C=O) groups excluding carboxylic acids is 1. The summed E-state index contributed by atoms with van der Waals surface area (Å²) in [6.07, 6.45) is 2.48. The lowest BCUT2D eigenvalue weighted by atomic mass is 10.2. The Morgan fingerprint density at radius 2 is 2.33 bits per heavy atom. The first-order valence-corrected chi connectivity index (χ1v) is 4.56. The normalized spacial score (nSPS) is 31.8. The molecule has 4 nitrogen and oxygen atoms in total. The molecule has 0 bridgehead atoms. The van der Waals surface area contributed by atoms with Crippen LogP contribution in [-0.2, 0) is 4.79 Å². The van der Waals surface area contributed by atoms with Gasteiger partial charge in [-0.2, -0.15) is 0 Å². The number of nitrogens with two attached hydrogens (primary N) is 1. The molecule has 1 heterocycles. The fourth-order valence-electron chi connectivity index (χ4n) is 1.82. The van der Waals surface area contributed by atoms with E-state index < -0.39 is 0 Å². The first kappa shape index (κ1) is 8.01. The lowest BCUT2D eigenvalue weighted by Gasteiger charge is -2.34. The van der Waals surface area contributed by atoms with Gasteiger partial charge in [-0.15, -0.1) is 0 Å². The molecule has 1 aliphatic carbocycles. The number of rotatable bonds is 2. The van der Waals surface area contributed by atoms with Gasteiger partial charge in [0.15, 0.2) is 0 Å². The molecule has 0 aromatic rings. The van der Waals surface area contributed by atoms with E-state index in [9.17, 15) is 4.79 Å². The van der Waals surface area contributed by atoms with E-state index in [-0.39, 0.29) is 11.9 Å². The van der Waals surface area contributed by atoms with Crippen LogP contribution >= 0.6 is 0 Å². The molecule has 1 atom stereocenters. The molecule has 2 aliphatic rings. The fraction of sp³-hybridized carbons (Fsp3) is 0.875. The third kappa shape index (κ3) is 1.32. The molecule has 2 fully saturated rings. The monoisotopic (exact) mass is 169 g/mol. The van der Waals surface area contributed by atoms with Crippen LogP contribution in [0.4, 0.5) is 0 Å². The quantitative estimate of drug-likeness (QED) is 0.552. The second-order valence-electron chi connectivity index (χ2n) is 3.51. The predicted octanol–water partition coefficient (Wildman–Crippen LogP) is -1.09. The Morgan fingerprint density at radius 1 is 1.58 bits per heavy atom. The SMILES string of the molecule is NCC1C(=O)NCCN1C1CC1. The number of hydrogen-bond acceptors (Lipinski definition) is 3. The van der Waals surface area contributed by atoms with Crippen molar-refractivity contribution in [2.24, 2.45) is 5.73 Å². The lowest BCUT2D eigenvalue weighted by molar-refractivity contribution is -0.128. The summed E-state index contributed by atoms with van der Waals surface area (Å²) >= 11 is 0. The van der Waals surface area contributed by atoms with E-state index in [0.29, 0.717) is 12.6 Å². The molecular weight excluding hydrogens is 154 g/mol. The zero-order valence-electron chi connectivity index (χ0n) is 7.12.